The van der Waals surface area contributed by atoms with Gasteiger partial charge in [0.15, 0.2) is 5.65 Å². The molecule has 2 aromatic carbocycles. The van der Waals surface area contributed by atoms with E-state index in [4.69, 9.17) is 5.73 Å². The molecule has 2 saturated heterocycles. The molecule has 0 saturated carbocycles. The summed E-state index contributed by atoms with van der Waals surface area (Å²) in [6.07, 6.45) is 10.8. The van der Waals surface area contributed by atoms with Crippen LogP contribution in [0.3, 0.4) is 0 Å². The van der Waals surface area contributed by atoms with E-state index in [0.29, 0.717) is 43.0 Å². The van der Waals surface area contributed by atoms with Gasteiger partial charge >= 0.3 is 0 Å². The number of amides is 4. The largest absolute Gasteiger partial charge is 0.369 e. The van der Waals surface area contributed by atoms with Gasteiger partial charge in [-0.05, 0) is 43.4 Å². The van der Waals surface area contributed by atoms with Gasteiger partial charge in [-0.3, -0.25) is 29.2 Å². The van der Waals surface area contributed by atoms with Crippen LogP contribution in [-0.4, -0.2) is 67.6 Å². The van der Waals surface area contributed by atoms with Crippen LogP contribution in [0.2, 0.25) is 0 Å². The van der Waals surface area contributed by atoms with Crippen LogP contribution in [0.25, 0.3) is 16.6 Å². The minimum absolute atomic E-state index is 0.0548. The Balaban J connectivity index is 0.803. The molecule has 14 heteroatoms. The Hall–Kier alpha value is -5.63. The molecule has 0 spiro atoms. The zero-order chi connectivity index (χ0) is 39.2. The van der Waals surface area contributed by atoms with Gasteiger partial charge in [0.05, 0.1) is 34.7 Å². The SMILES string of the molecule is Cn1nc(C2CCC(=O)NC2=O)c2cccc(NC(=O)CCCCCCCCCNC(=O)c3nc4c(CN)cc(N5CC[C@](C)(c6ccccc6)C5)cn4n3)c21. The van der Waals surface area contributed by atoms with Gasteiger partial charge in [-0.2, -0.15) is 5.10 Å². The molecule has 5 heterocycles. The monoisotopic (exact) mass is 760 g/mol. The second kappa shape index (κ2) is 17.0. The van der Waals surface area contributed by atoms with E-state index in [2.05, 4.69) is 73.3 Å². The third-order valence-corrected chi connectivity index (χ3v) is 11.3. The second-order valence-electron chi connectivity index (χ2n) is 15.5. The summed E-state index contributed by atoms with van der Waals surface area (Å²) in [6, 6.07) is 18.3. The van der Waals surface area contributed by atoms with Crippen molar-refractivity contribution in [2.45, 2.75) is 95.4 Å². The van der Waals surface area contributed by atoms with Crippen molar-refractivity contribution >= 4 is 51.6 Å². The molecule has 56 heavy (non-hydrogen) atoms. The minimum atomic E-state index is -0.500. The first-order valence-electron chi connectivity index (χ1n) is 19.9. The van der Waals surface area contributed by atoms with E-state index in [1.807, 2.05) is 30.5 Å². The van der Waals surface area contributed by atoms with Crippen molar-refractivity contribution in [3.05, 3.63) is 83.4 Å². The highest BCUT2D eigenvalue weighted by atomic mass is 16.2. The fourth-order valence-electron chi connectivity index (χ4n) is 8.18. The molecular formula is C42H52N10O4. The summed E-state index contributed by atoms with van der Waals surface area (Å²) in [5, 5.41) is 18.4. The van der Waals surface area contributed by atoms with Crippen LogP contribution >= 0.6 is 0 Å². The number of hydrogen-bond donors (Lipinski definition) is 4. The van der Waals surface area contributed by atoms with Crippen molar-refractivity contribution in [2.24, 2.45) is 12.8 Å². The average molecular weight is 761 g/mol. The Kier molecular flexibility index (Phi) is 11.7. The zero-order valence-corrected chi connectivity index (χ0v) is 32.4. The number of carbonyl (C=O) groups excluding carboxylic acids is 4. The number of aromatic nitrogens is 5. The van der Waals surface area contributed by atoms with E-state index in [1.165, 1.54) is 5.56 Å². The number of nitrogens with zero attached hydrogens (tertiary/aromatic N) is 6. The first-order chi connectivity index (χ1) is 27.1. The summed E-state index contributed by atoms with van der Waals surface area (Å²) in [4.78, 5) is 56.9. The number of fused-ring (bicyclic) bond motifs is 2. The number of rotatable bonds is 16. The molecule has 294 valence electrons. The van der Waals surface area contributed by atoms with Crippen molar-refractivity contribution in [1.29, 1.82) is 0 Å². The molecule has 14 nitrogen and oxygen atoms in total. The predicted molar refractivity (Wildman–Crippen MR) is 215 cm³/mol. The fourth-order valence-corrected chi connectivity index (χ4v) is 8.18. The van der Waals surface area contributed by atoms with Gasteiger partial charge in [0.1, 0.15) is 0 Å². The number of imide groups is 1. The number of pyridine rings is 1. The van der Waals surface area contributed by atoms with Crippen molar-refractivity contribution < 1.29 is 19.2 Å². The first kappa shape index (κ1) is 38.6. The Labute approximate surface area is 326 Å². The van der Waals surface area contributed by atoms with Gasteiger partial charge in [0.2, 0.25) is 23.5 Å². The number of unbranched alkanes of at least 4 members (excludes halogenated alkanes) is 6. The molecule has 3 aromatic heterocycles. The summed E-state index contributed by atoms with van der Waals surface area (Å²) >= 11 is 0. The van der Waals surface area contributed by atoms with Gasteiger partial charge in [-0.25, -0.2) is 9.50 Å². The number of hydrogen-bond acceptors (Lipinski definition) is 9. The number of nitrogens with one attached hydrogen (secondary N) is 3. The van der Waals surface area contributed by atoms with E-state index in [-0.39, 0.29) is 41.3 Å². The standard InChI is InChI=1S/C42H52N10O4/c1-42(29-14-9-8-10-15-29)21-23-51(27-42)30-24-28(25-43)39-47-38(49-52(39)26-30)41(56)44-22-12-7-5-3-4-6-11-18-34(53)45-33-17-13-16-31-36(48-50(2)37(31)33)32-19-20-35(54)46-40(32)55/h8-10,13-17,24,26,32H,3-7,11-12,18-23,25,27,43H2,1-2H3,(H,44,56)(H,45,53)(H,46,54,55)/t32?,42-/m0/s1. The number of benzene rings is 2. The molecule has 2 aliphatic heterocycles. The predicted octanol–water partition coefficient (Wildman–Crippen LogP) is 5.25. The average Bonchev–Trinajstić information content (AvgIpc) is 3.91. The highest BCUT2D eigenvalue weighted by Crippen LogP contribution is 2.37. The lowest BCUT2D eigenvalue weighted by Crippen LogP contribution is -2.39. The van der Waals surface area contributed by atoms with Crippen LogP contribution in [0.1, 0.15) is 111 Å². The fraction of sp³-hybridized carbons (Fsp3) is 0.452. The molecule has 2 atom stereocenters. The highest BCUT2D eigenvalue weighted by molar-refractivity contribution is 6.05. The lowest BCUT2D eigenvalue weighted by Gasteiger charge is -2.26. The summed E-state index contributed by atoms with van der Waals surface area (Å²) in [7, 11) is 1.79. The molecule has 0 bridgehead atoms. The van der Waals surface area contributed by atoms with E-state index >= 15 is 0 Å². The van der Waals surface area contributed by atoms with Gasteiger partial charge in [-0.15, -0.1) is 5.10 Å². The van der Waals surface area contributed by atoms with Crippen molar-refractivity contribution in [2.75, 3.05) is 29.9 Å². The quantitative estimate of drug-likeness (QED) is 0.0771. The van der Waals surface area contributed by atoms with Gasteiger partial charge in [-0.1, -0.05) is 81.5 Å². The lowest BCUT2D eigenvalue weighted by molar-refractivity contribution is -0.134. The van der Waals surface area contributed by atoms with Crippen LogP contribution in [-0.2, 0) is 33.4 Å². The minimum Gasteiger partial charge on any atom is -0.369 e. The van der Waals surface area contributed by atoms with Gasteiger partial charge in [0.25, 0.3) is 5.91 Å². The first-order valence-corrected chi connectivity index (χ1v) is 19.9. The zero-order valence-electron chi connectivity index (χ0n) is 32.4. The van der Waals surface area contributed by atoms with Crippen LogP contribution in [0.5, 0.6) is 0 Å². The third kappa shape index (κ3) is 8.44. The number of para-hydroxylation sites is 1. The maximum Gasteiger partial charge on any atom is 0.290 e. The summed E-state index contributed by atoms with van der Waals surface area (Å²) in [5.41, 5.74) is 12.0. The molecule has 7 rings (SSSR count). The molecule has 2 fully saturated rings. The van der Waals surface area contributed by atoms with E-state index in [0.717, 1.165) is 86.6 Å². The Morgan fingerprint density at radius 1 is 0.982 bits per heavy atom. The van der Waals surface area contributed by atoms with Crippen molar-refractivity contribution in [3.8, 4) is 0 Å². The lowest BCUT2D eigenvalue weighted by atomic mass is 9.82. The normalized spacial score (nSPS) is 18.5. The maximum absolute atomic E-state index is 13.0. The van der Waals surface area contributed by atoms with Crippen molar-refractivity contribution in [1.82, 2.24) is 35.0 Å². The topological polar surface area (TPSA) is 182 Å². The number of aryl methyl sites for hydroxylation is 1. The van der Waals surface area contributed by atoms with E-state index < -0.39 is 5.92 Å². The number of anilines is 2. The molecule has 1 unspecified atom stereocenters. The van der Waals surface area contributed by atoms with Crippen LogP contribution in [0.4, 0.5) is 11.4 Å². The molecule has 2 aliphatic rings. The molecule has 5 N–H and O–H groups in total. The summed E-state index contributed by atoms with van der Waals surface area (Å²) in [5.74, 6) is -1.30. The van der Waals surface area contributed by atoms with Crippen molar-refractivity contribution in [3.63, 3.8) is 0 Å². The smallest absolute Gasteiger partial charge is 0.290 e. The Morgan fingerprint density at radius 3 is 2.52 bits per heavy atom. The Morgan fingerprint density at radius 2 is 1.75 bits per heavy atom. The summed E-state index contributed by atoms with van der Waals surface area (Å²) in [6.45, 7) is 4.96. The number of piperidine rings is 1. The van der Waals surface area contributed by atoms with Gasteiger partial charge in [0, 0.05) is 62.4 Å². The highest BCUT2D eigenvalue weighted by Gasteiger charge is 2.36. The molecule has 0 radical (unpaired) electrons. The summed E-state index contributed by atoms with van der Waals surface area (Å²) < 4.78 is 3.38. The second-order valence-corrected chi connectivity index (χ2v) is 15.5. The molecule has 0 aliphatic carbocycles. The molecular weight excluding hydrogens is 709 g/mol. The molecule has 5 aromatic rings. The third-order valence-electron chi connectivity index (χ3n) is 11.3. The molecule has 4 amide bonds. The van der Waals surface area contributed by atoms with E-state index in [1.54, 1.807) is 16.2 Å². The number of nitrogens with two attached hydrogens (primary N) is 1. The van der Waals surface area contributed by atoms with Gasteiger partial charge < -0.3 is 21.3 Å². The van der Waals surface area contributed by atoms with Crippen LogP contribution < -0.4 is 26.6 Å². The number of carbonyl (C=O) groups is 4. The van der Waals surface area contributed by atoms with Crippen LogP contribution in [0, 0.1) is 0 Å². The van der Waals surface area contributed by atoms with Crippen LogP contribution in [0.15, 0.2) is 60.8 Å². The Bertz CT molecular complexity index is 2230. The maximum atomic E-state index is 13.0. The van der Waals surface area contributed by atoms with E-state index in [9.17, 15) is 19.2 Å².